The van der Waals surface area contributed by atoms with Crippen molar-refractivity contribution in [1.82, 2.24) is 0 Å². The van der Waals surface area contributed by atoms with Gasteiger partial charge in [0.05, 0.1) is 16.7 Å². The molecule has 1 atom stereocenters. The van der Waals surface area contributed by atoms with Gasteiger partial charge >= 0.3 is 0 Å². The minimum absolute atomic E-state index is 0.0914. The fraction of sp³-hybridized carbons (Fsp3) is 0.188. The zero-order valence-electron chi connectivity index (χ0n) is 11.7. The van der Waals surface area contributed by atoms with Crippen LogP contribution in [0.1, 0.15) is 12.0 Å². The summed E-state index contributed by atoms with van der Waals surface area (Å²) < 4.78 is 5.77. The second kappa shape index (κ2) is 4.84. The van der Waals surface area contributed by atoms with E-state index in [1.165, 1.54) is 12.1 Å². The first kappa shape index (κ1) is 12.8. The Bertz CT molecular complexity index is 770. The number of para-hydroxylation sites is 2. The molecule has 2 aromatic rings. The molecule has 0 saturated carbocycles. The van der Waals surface area contributed by atoms with Crippen molar-refractivity contribution in [3.05, 3.63) is 64.2 Å². The first-order chi connectivity index (χ1) is 10.7. The van der Waals surface area contributed by atoms with E-state index in [0.717, 1.165) is 29.1 Å². The smallest absolute Gasteiger partial charge is 0.269 e. The summed E-state index contributed by atoms with van der Waals surface area (Å²) in [6.07, 6.45) is 0.770. The molecule has 2 aromatic carbocycles. The highest BCUT2D eigenvalue weighted by Gasteiger charge is 2.34. The third-order valence-corrected chi connectivity index (χ3v) is 3.96. The molecular formula is C16H13N3O3. The summed E-state index contributed by atoms with van der Waals surface area (Å²) in [7, 11) is 0. The van der Waals surface area contributed by atoms with Gasteiger partial charge in [0.2, 0.25) is 0 Å². The van der Waals surface area contributed by atoms with Crippen LogP contribution >= 0.6 is 0 Å². The minimum Gasteiger partial charge on any atom is -0.489 e. The molecule has 1 unspecified atom stereocenters. The van der Waals surface area contributed by atoms with Crippen molar-refractivity contribution in [2.24, 2.45) is 5.10 Å². The predicted molar refractivity (Wildman–Crippen MR) is 82.5 cm³/mol. The van der Waals surface area contributed by atoms with Gasteiger partial charge in [-0.1, -0.05) is 12.1 Å². The maximum atomic E-state index is 10.7. The van der Waals surface area contributed by atoms with Crippen LogP contribution in [-0.4, -0.2) is 23.3 Å². The van der Waals surface area contributed by atoms with E-state index in [-0.39, 0.29) is 11.7 Å². The summed E-state index contributed by atoms with van der Waals surface area (Å²) >= 11 is 0. The van der Waals surface area contributed by atoms with E-state index in [0.29, 0.717) is 6.61 Å². The van der Waals surface area contributed by atoms with Crippen LogP contribution in [0.3, 0.4) is 0 Å². The quantitative estimate of drug-likeness (QED) is 0.631. The average molecular weight is 295 g/mol. The minimum atomic E-state index is -0.395. The summed E-state index contributed by atoms with van der Waals surface area (Å²) in [5, 5.41) is 17.4. The molecule has 2 aliphatic heterocycles. The number of non-ortho nitro benzene ring substituents is 1. The van der Waals surface area contributed by atoms with Gasteiger partial charge in [-0.25, -0.2) is 0 Å². The summed E-state index contributed by atoms with van der Waals surface area (Å²) in [5.74, 6) is 0.840. The molecule has 4 rings (SSSR count). The standard InChI is InChI=1S/C16H13N3O3/c20-19(21)12-7-5-11(6-8-12)14-9-13-10-22-16-4-2-1-3-15(16)18(13)17-14/h1-8,13H,9-10H2. The van der Waals surface area contributed by atoms with Gasteiger partial charge in [0, 0.05) is 18.6 Å². The number of hydrazone groups is 1. The Kier molecular flexibility index (Phi) is 2.82. The van der Waals surface area contributed by atoms with Crippen molar-refractivity contribution in [2.75, 3.05) is 11.6 Å². The second-order valence-electron chi connectivity index (χ2n) is 5.33. The van der Waals surface area contributed by atoms with Gasteiger partial charge in [0.15, 0.2) is 0 Å². The predicted octanol–water partition coefficient (Wildman–Crippen LogP) is 2.97. The second-order valence-corrected chi connectivity index (χ2v) is 5.33. The number of rotatable bonds is 2. The van der Waals surface area contributed by atoms with Crippen LogP contribution in [0.4, 0.5) is 11.4 Å². The van der Waals surface area contributed by atoms with Crippen LogP contribution in [-0.2, 0) is 0 Å². The van der Waals surface area contributed by atoms with Crippen molar-refractivity contribution in [2.45, 2.75) is 12.5 Å². The molecule has 0 aromatic heterocycles. The van der Waals surface area contributed by atoms with Crippen LogP contribution < -0.4 is 9.75 Å². The molecule has 0 fully saturated rings. The Morgan fingerprint density at radius 2 is 1.95 bits per heavy atom. The van der Waals surface area contributed by atoms with Gasteiger partial charge in [-0.2, -0.15) is 5.10 Å². The lowest BCUT2D eigenvalue weighted by Gasteiger charge is -2.30. The Labute approximate surface area is 126 Å². The number of hydrogen-bond acceptors (Lipinski definition) is 5. The van der Waals surface area contributed by atoms with Gasteiger partial charge in [-0.3, -0.25) is 15.1 Å². The zero-order valence-corrected chi connectivity index (χ0v) is 11.7. The van der Waals surface area contributed by atoms with Crippen molar-refractivity contribution in [1.29, 1.82) is 0 Å². The lowest BCUT2D eigenvalue weighted by atomic mass is 10.0. The highest BCUT2D eigenvalue weighted by atomic mass is 16.6. The maximum Gasteiger partial charge on any atom is 0.269 e. The van der Waals surface area contributed by atoms with E-state index in [9.17, 15) is 10.1 Å². The van der Waals surface area contributed by atoms with Crippen molar-refractivity contribution in [3.63, 3.8) is 0 Å². The van der Waals surface area contributed by atoms with E-state index >= 15 is 0 Å². The van der Waals surface area contributed by atoms with Crippen molar-refractivity contribution < 1.29 is 9.66 Å². The molecule has 0 aliphatic carbocycles. The third-order valence-electron chi connectivity index (χ3n) is 3.96. The Morgan fingerprint density at radius 1 is 1.18 bits per heavy atom. The van der Waals surface area contributed by atoms with E-state index in [1.807, 2.05) is 29.3 Å². The number of nitro benzene ring substituents is 1. The van der Waals surface area contributed by atoms with Crippen LogP contribution in [0.25, 0.3) is 0 Å². The Hall–Kier alpha value is -2.89. The first-order valence-corrected chi connectivity index (χ1v) is 7.06. The molecule has 2 heterocycles. The topological polar surface area (TPSA) is 68.0 Å². The SMILES string of the molecule is O=[N+]([O-])c1ccc(C2=NN3c4ccccc4OCC3C2)cc1. The van der Waals surface area contributed by atoms with Crippen LogP contribution in [0.2, 0.25) is 0 Å². The van der Waals surface area contributed by atoms with Gasteiger partial charge in [-0.15, -0.1) is 0 Å². The molecule has 6 nitrogen and oxygen atoms in total. The normalized spacial score (nSPS) is 19.0. The van der Waals surface area contributed by atoms with Crippen LogP contribution in [0, 0.1) is 10.1 Å². The number of nitro groups is 1. The fourth-order valence-corrected chi connectivity index (χ4v) is 2.85. The number of fused-ring (bicyclic) bond motifs is 3. The van der Waals surface area contributed by atoms with E-state index in [4.69, 9.17) is 9.84 Å². The lowest BCUT2D eigenvalue weighted by molar-refractivity contribution is -0.384. The highest BCUT2D eigenvalue weighted by molar-refractivity contribution is 6.03. The number of anilines is 1. The van der Waals surface area contributed by atoms with Gasteiger partial charge in [0.25, 0.3) is 5.69 Å². The molecule has 2 aliphatic rings. The van der Waals surface area contributed by atoms with Gasteiger partial charge in [0.1, 0.15) is 18.0 Å². The molecular weight excluding hydrogens is 282 g/mol. The number of benzene rings is 2. The van der Waals surface area contributed by atoms with Gasteiger partial charge < -0.3 is 4.74 Å². The van der Waals surface area contributed by atoms with Crippen molar-refractivity contribution in [3.8, 4) is 5.75 Å². The average Bonchev–Trinajstić information content (AvgIpc) is 2.99. The fourth-order valence-electron chi connectivity index (χ4n) is 2.85. The molecule has 0 saturated heterocycles. The monoisotopic (exact) mass is 295 g/mol. The Morgan fingerprint density at radius 3 is 2.73 bits per heavy atom. The number of ether oxygens (including phenoxy) is 1. The molecule has 0 amide bonds. The molecule has 22 heavy (non-hydrogen) atoms. The van der Waals surface area contributed by atoms with Crippen LogP contribution in [0.15, 0.2) is 53.6 Å². The number of hydrogen-bond donors (Lipinski definition) is 0. The maximum absolute atomic E-state index is 10.7. The third kappa shape index (κ3) is 2.00. The van der Waals surface area contributed by atoms with Crippen LogP contribution in [0.5, 0.6) is 5.75 Å². The molecule has 0 spiro atoms. The number of nitrogens with zero attached hydrogens (tertiary/aromatic N) is 3. The summed E-state index contributed by atoms with van der Waals surface area (Å²) in [6.45, 7) is 0.594. The molecule has 6 heteroatoms. The highest BCUT2D eigenvalue weighted by Crippen LogP contribution is 2.37. The molecule has 0 N–H and O–H groups in total. The summed E-state index contributed by atoms with van der Waals surface area (Å²) in [4.78, 5) is 10.3. The summed E-state index contributed by atoms with van der Waals surface area (Å²) in [6, 6.07) is 14.5. The molecule has 0 bridgehead atoms. The lowest BCUT2D eigenvalue weighted by Crippen LogP contribution is -2.36. The van der Waals surface area contributed by atoms with Gasteiger partial charge in [-0.05, 0) is 29.8 Å². The Balaban J connectivity index is 1.67. The molecule has 0 radical (unpaired) electrons. The van der Waals surface area contributed by atoms with E-state index in [1.54, 1.807) is 12.1 Å². The van der Waals surface area contributed by atoms with E-state index in [2.05, 4.69) is 0 Å². The molecule has 110 valence electrons. The van der Waals surface area contributed by atoms with E-state index < -0.39 is 4.92 Å². The first-order valence-electron chi connectivity index (χ1n) is 7.06. The largest absolute Gasteiger partial charge is 0.489 e. The zero-order chi connectivity index (χ0) is 15.1. The summed E-state index contributed by atoms with van der Waals surface area (Å²) in [5.41, 5.74) is 2.90. The van der Waals surface area contributed by atoms with Crippen molar-refractivity contribution >= 4 is 17.1 Å².